The molecule has 0 saturated heterocycles. The first-order chi connectivity index (χ1) is 2.00. The van der Waals surface area contributed by atoms with Crippen LogP contribution >= 0.6 is 0 Å². The van der Waals surface area contributed by atoms with Crippen LogP contribution in [0.4, 0.5) is 0 Å². The Hall–Kier alpha value is 2.91. The van der Waals surface area contributed by atoms with Crippen molar-refractivity contribution >= 4 is 59.3 Å². The van der Waals surface area contributed by atoms with Crippen molar-refractivity contribution in [3.05, 3.63) is 0 Å². The molecule has 0 aromatic heterocycles. The maximum atomic E-state index is 8.52. The summed E-state index contributed by atoms with van der Waals surface area (Å²) in [4.78, 5) is 0. The monoisotopic (exact) mass is 460 g/mol. The predicted molar refractivity (Wildman–Crippen MR) is 16.2 cm³/mol. The first-order valence-electron chi connectivity index (χ1n) is 0.667. The molecule has 0 heterocycles. The zero-order chi connectivity index (χ0) is 4.50. The molecule has 0 aliphatic rings. The first-order valence-corrected chi connectivity index (χ1v) is 2.00. The standard InChI is InChI=1S/Ba.H2O4S.Ra/c;1-5(2,3)4;/h;(H2,1,2,3,4);/q+2;;/p-2. The summed E-state index contributed by atoms with van der Waals surface area (Å²) in [7, 11) is -5.17. The predicted octanol–water partition coefficient (Wildman–Crippen LogP) is -1.72. The van der Waals surface area contributed by atoms with Crippen molar-refractivity contribution < 1.29 is 62.5 Å². The minimum absolute atomic E-state index is 0. The number of hydrogen-bond acceptors (Lipinski definition) is 4. The van der Waals surface area contributed by atoms with Gasteiger partial charge in [0.05, 0.1) is 0 Å². The van der Waals surface area contributed by atoms with Crippen molar-refractivity contribution in [1.29, 1.82) is 0 Å². The third-order valence-corrected chi connectivity index (χ3v) is 0. The van der Waals surface area contributed by atoms with Gasteiger partial charge in [-0.3, -0.25) is 8.42 Å². The van der Waals surface area contributed by atoms with Gasteiger partial charge in [-0.2, -0.15) is 0 Å². The van der Waals surface area contributed by atoms with E-state index in [1.54, 1.807) is 0 Å². The molecule has 0 bridgehead atoms. The van der Waals surface area contributed by atoms with Gasteiger partial charge >= 0.3 is 48.9 Å². The van der Waals surface area contributed by atoms with E-state index in [1.165, 1.54) is 0 Å². The summed E-state index contributed by atoms with van der Waals surface area (Å²) in [5, 5.41) is 0. The van der Waals surface area contributed by atoms with Crippen LogP contribution in [0.15, 0.2) is 0 Å². The summed E-state index contributed by atoms with van der Waals surface area (Å²) in [5.41, 5.74) is 0. The molecule has 0 amide bonds. The Labute approximate surface area is 119 Å². The van der Waals surface area contributed by atoms with Gasteiger partial charge in [0.25, 0.3) is 0 Å². The molecule has 0 fully saturated rings. The van der Waals surface area contributed by atoms with E-state index in [0.29, 0.717) is 0 Å². The third-order valence-electron chi connectivity index (χ3n) is 0. The minimum atomic E-state index is -5.17. The summed E-state index contributed by atoms with van der Waals surface area (Å²) in [5.74, 6) is 0. The molecule has 0 aromatic rings. The van der Waals surface area contributed by atoms with E-state index in [1.807, 2.05) is 0 Å². The van der Waals surface area contributed by atoms with Crippen LogP contribution in [0.1, 0.15) is 0 Å². The van der Waals surface area contributed by atoms with Crippen molar-refractivity contribution in [2.45, 2.75) is 0 Å². The normalized spacial score (nSPS) is 8.29. The zero-order valence-corrected chi connectivity index (χ0v) is 14.5. The maximum Gasteiger partial charge on any atom is 2.00 e. The molecule has 0 aliphatic heterocycles. The maximum absolute atomic E-state index is 8.52. The van der Waals surface area contributed by atoms with E-state index < -0.39 is 10.4 Å². The molecule has 2 radical (unpaired) electrons. The fraction of sp³-hybridized carbons (Fsp3) is 0. The SMILES string of the molecule is O=S(=O)([O-])[O-].[Ba+2].[Ra]. The molecule has 0 atom stereocenters. The van der Waals surface area contributed by atoms with Crippen molar-refractivity contribution in [2.75, 3.05) is 0 Å². The van der Waals surface area contributed by atoms with Crippen LogP contribution in [0.2, 0.25) is 0 Å². The molecule has 0 unspecified atom stereocenters. The minimum Gasteiger partial charge on any atom is -0.759 e. The molecular weight excluding hydrogens is 459 g/mol. The molecule has 4 nitrogen and oxygen atoms in total. The quantitative estimate of drug-likeness (QED) is 0.245. The molecule has 0 rings (SSSR count). The molecule has 0 saturated carbocycles. The Bertz CT molecular complexity index is 94.9. The van der Waals surface area contributed by atoms with Crippen molar-refractivity contribution in [1.82, 2.24) is 0 Å². The van der Waals surface area contributed by atoms with Gasteiger partial charge in [-0.15, -0.1) is 0 Å². The smallest absolute Gasteiger partial charge is 0.759 e. The van der Waals surface area contributed by atoms with Crippen LogP contribution < -0.4 is 0 Å². The summed E-state index contributed by atoms with van der Waals surface area (Å²) >= 11 is 0. The molecule has 7 heavy (non-hydrogen) atoms. The van der Waals surface area contributed by atoms with Gasteiger partial charge in [-0.05, 0) is 0 Å². The number of rotatable bonds is 0. The summed E-state index contributed by atoms with van der Waals surface area (Å²) in [6, 6.07) is 0. The van der Waals surface area contributed by atoms with Gasteiger partial charge < -0.3 is 9.11 Å². The molecule has 0 aromatic carbocycles. The zero-order valence-electron chi connectivity index (χ0n) is 3.46. The summed E-state index contributed by atoms with van der Waals surface area (Å²) in [6.07, 6.45) is 0. The van der Waals surface area contributed by atoms with Crippen LogP contribution in [0, 0.1) is 45.0 Å². The second-order valence-electron chi connectivity index (χ2n) is 0.408. The fourth-order valence-electron chi connectivity index (χ4n) is 0. The van der Waals surface area contributed by atoms with Gasteiger partial charge in [-0.25, -0.2) is 0 Å². The van der Waals surface area contributed by atoms with Crippen LogP contribution in [0.3, 0.4) is 0 Å². The van der Waals surface area contributed by atoms with E-state index in [9.17, 15) is 0 Å². The van der Waals surface area contributed by atoms with Crippen molar-refractivity contribution in [3.8, 4) is 0 Å². The Morgan fingerprint density at radius 1 is 1.14 bits per heavy atom. The van der Waals surface area contributed by atoms with Crippen LogP contribution in [-0.2, 0) is 10.4 Å². The average molecular weight is 459 g/mol. The Balaban J connectivity index is -0.0000000800. The molecule has 34 valence electrons. The van der Waals surface area contributed by atoms with E-state index in [0.717, 1.165) is 0 Å². The first kappa shape index (κ1) is 16.5. The van der Waals surface area contributed by atoms with Gasteiger partial charge in [-0.1, -0.05) is 0 Å². The van der Waals surface area contributed by atoms with Gasteiger partial charge in [0.1, 0.15) is 0 Å². The van der Waals surface area contributed by atoms with E-state index in [2.05, 4.69) is 0 Å². The van der Waals surface area contributed by atoms with E-state index in [4.69, 9.17) is 17.5 Å². The van der Waals surface area contributed by atoms with E-state index >= 15 is 0 Å². The molecule has 0 spiro atoms. The average Bonchev–Trinajstić information content (AvgIpc) is 0.722. The van der Waals surface area contributed by atoms with Gasteiger partial charge in [0.15, 0.2) is 0 Å². The van der Waals surface area contributed by atoms with Crippen LogP contribution in [-0.4, -0.2) is 66.4 Å². The molecule has 0 aliphatic carbocycles. The second kappa shape index (κ2) is 7.02. The van der Waals surface area contributed by atoms with E-state index in [-0.39, 0.29) is 93.9 Å². The molecular formula is BaO4RaS. The van der Waals surface area contributed by atoms with Crippen LogP contribution in [0.25, 0.3) is 0 Å². The third kappa shape index (κ3) is 50.3. The second-order valence-corrected chi connectivity index (χ2v) is 1.22. The van der Waals surface area contributed by atoms with Crippen molar-refractivity contribution in [2.24, 2.45) is 0 Å². The Morgan fingerprint density at radius 2 is 1.14 bits per heavy atom. The Kier molecular flexibility index (Phi) is 16.5. The topological polar surface area (TPSA) is 80.3 Å². The van der Waals surface area contributed by atoms with Gasteiger partial charge in [0.2, 0.25) is 0 Å². The fourth-order valence-corrected chi connectivity index (χ4v) is 0. The van der Waals surface area contributed by atoms with Gasteiger partial charge in [0, 0.05) is 55.4 Å². The van der Waals surface area contributed by atoms with Crippen molar-refractivity contribution in [3.63, 3.8) is 0 Å². The number of hydrogen-bond donors (Lipinski definition) is 0. The molecule has 7 heteroatoms. The summed E-state index contributed by atoms with van der Waals surface area (Å²) < 4.78 is 34.1. The molecule has 0 N–H and O–H groups in total. The van der Waals surface area contributed by atoms with Crippen LogP contribution in [0.5, 0.6) is 0 Å². The largest absolute Gasteiger partial charge is 2.00 e. The Morgan fingerprint density at radius 3 is 1.14 bits per heavy atom. The summed E-state index contributed by atoms with van der Waals surface area (Å²) in [6.45, 7) is 0.